The lowest BCUT2D eigenvalue weighted by molar-refractivity contribution is 0.261. The number of fused-ring (bicyclic) bond motifs is 1. The summed E-state index contributed by atoms with van der Waals surface area (Å²) in [4.78, 5) is 10.9. The number of likely N-dealkylation sites (N-methyl/N-ethyl adjacent to an activating group) is 1. The molecule has 1 aromatic carbocycles. The van der Waals surface area contributed by atoms with E-state index in [1.165, 1.54) is 0 Å². The van der Waals surface area contributed by atoms with E-state index in [0.29, 0.717) is 23.6 Å². The monoisotopic (exact) mass is 443 g/mol. The molecule has 3 heterocycles. The molecule has 0 fully saturated rings. The van der Waals surface area contributed by atoms with E-state index in [4.69, 9.17) is 15.1 Å². The van der Waals surface area contributed by atoms with Crippen molar-refractivity contribution in [1.82, 2.24) is 29.7 Å². The molecule has 0 atom stereocenters. The lowest BCUT2D eigenvalue weighted by atomic mass is 10.2. The summed E-state index contributed by atoms with van der Waals surface area (Å²) in [6.07, 6.45) is 3.40. The Morgan fingerprint density at radius 1 is 1.18 bits per heavy atom. The standard InChI is InChI=1S/C18H18BrN7O2/c1-25(2)7-8-27-12-5-3-11(4-6-12)26-16-13(19)9-21-10-14(16)22-18(26)15-17(20)24-28-23-15/h3-6,9-10H,7-8H2,1-2H3,(H2,20,24). The highest BCUT2D eigenvalue weighted by atomic mass is 79.9. The smallest absolute Gasteiger partial charge is 0.199 e. The van der Waals surface area contributed by atoms with Crippen LogP contribution in [0.3, 0.4) is 0 Å². The number of rotatable bonds is 6. The van der Waals surface area contributed by atoms with Gasteiger partial charge in [-0.1, -0.05) is 0 Å². The zero-order valence-electron chi connectivity index (χ0n) is 15.3. The highest BCUT2D eigenvalue weighted by Crippen LogP contribution is 2.33. The van der Waals surface area contributed by atoms with E-state index in [0.717, 1.165) is 28.0 Å². The van der Waals surface area contributed by atoms with E-state index in [1.807, 2.05) is 42.9 Å². The molecule has 28 heavy (non-hydrogen) atoms. The maximum atomic E-state index is 5.91. The molecule has 2 N–H and O–H groups in total. The molecule has 0 saturated carbocycles. The summed E-state index contributed by atoms with van der Waals surface area (Å²) in [6.45, 7) is 1.46. The van der Waals surface area contributed by atoms with Gasteiger partial charge in [-0.25, -0.2) is 9.61 Å². The van der Waals surface area contributed by atoms with E-state index < -0.39 is 0 Å². The first-order valence-corrected chi connectivity index (χ1v) is 9.32. The van der Waals surface area contributed by atoms with Crippen molar-refractivity contribution < 1.29 is 9.37 Å². The highest BCUT2D eigenvalue weighted by Gasteiger charge is 2.21. The molecule has 3 aromatic heterocycles. The fourth-order valence-corrected chi connectivity index (χ4v) is 3.29. The number of nitrogens with zero attached hydrogens (tertiary/aromatic N) is 6. The maximum Gasteiger partial charge on any atom is 0.199 e. The molecule has 0 aliphatic carbocycles. The summed E-state index contributed by atoms with van der Waals surface area (Å²) in [7, 11) is 4.02. The minimum atomic E-state index is 0.171. The number of pyridine rings is 1. The van der Waals surface area contributed by atoms with Crippen LogP contribution in [0.2, 0.25) is 0 Å². The van der Waals surface area contributed by atoms with Gasteiger partial charge in [0.05, 0.1) is 16.2 Å². The van der Waals surface area contributed by atoms with E-state index in [2.05, 4.69) is 41.1 Å². The van der Waals surface area contributed by atoms with Gasteiger partial charge in [0.15, 0.2) is 17.3 Å². The second kappa shape index (κ2) is 7.56. The SMILES string of the molecule is CN(C)CCOc1ccc(-n2c(-c3nonc3N)nc3cncc(Br)c32)cc1. The van der Waals surface area contributed by atoms with Crippen molar-refractivity contribution in [3.8, 4) is 23.0 Å². The van der Waals surface area contributed by atoms with Crippen molar-refractivity contribution in [2.24, 2.45) is 0 Å². The predicted octanol–water partition coefficient (Wildman–Crippen LogP) is 2.76. The molecule has 0 amide bonds. The molecule has 0 saturated heterocycles. The van der Waals surface area contributed by atoms with Crippen molar-refractivity contribution in [1.29, 1.82) is 0 Å². The van der Waals surface area contributed by atoms with Gasteiger partial charge in [0.2, 0.25) is 0 Å². The molecule has 0 spiro atoms. The molecule has 10 heteroatoms. The van der Waals surface area contributed by atoms with Gasteiger partial charge < -0.3 is 15.4 Å². The summed E-state index contributed by atoms with van der Waals surface area (Å²) >= 11 is 3.56. The third kappa shape index (κ3) is 3.43. The van der Waals surface area contributed by atoms with Crippen LogP contribution in [0.1, 0.15) is 0 Å². The van der Waals surface area contributed by atoms with Gasteiger partial charge in [0.1, 0.15) is 17.9 Å². The van der Waals surface area contributed by atoms with Crippen molar-refractivity contribution in [2.45, 2.75) is 0 Å². The van der Waals surface area contributed by atoms with Gasteiger partial charge in [-0.05, 0) is 64.6 Å². The van der Waals surface area contributed by atoms with Crippen LogP contribution in [-0.4, -0.2) is 57.0 Å². The number of nitrogen functional groups attached to an aromatic ring is 1. The van der Waals surface area contributed by atoms with Crippen LogP contribution in [0, 0.1) is 0 Å². The average Bonchev–Trinajstić information content (AvgIpc) is 3.26. The topological polar surface area (TPSA) is 108 Å². The number of aromatic nitrogens is 5. The van der Waals surface area contributed by atoms with Crippen molar-refractivity contribution in [2.75, 3.05) is 33.0 Å². The first-order chi connectivity index (χ1) is 13.5. The molecular formula is C18H18BrN7O2. The molecule has 4 aromatic rings. The van der Waals surface area contributed by atoms with Gasteiger partial charge in [0.25, 0.3) is 0 Å². The molecular weight excluding hydrogens is 426 g/mol. The van der Waals surface area contributed by atoms with Gasteiger partial charge in [-0.3, -0.25) is 9.55 Å². The minimum Gasteiger partial charge on any atom is -0.492 e. The fraction of sp³-hybridized carbons (Fsp3) is 0.222. The van der Waals surface area contributed by atoms with Crippen molar-refractivity contribution >= 4 is 32.8 Å². The van der Waals surface area contributed by atoms with Crippen molar-refractivity contribution in [3.05, 3.63) is 41.1 Å². The summed E-state index contributed by atoms with van der Waals surface area (Å²) < 4.78 is 13.3. The Hall–Kier alpha value is -2.98. The van der Waals surface area contributed by atoms with Gasteiger partial charge in [0, 0.05) is 18.4 Å². The van der Waals surface area contributed by atoms with E-state index in [9.17, 15) is 0 Å². The Kier molecular flexibility index (Phi) is 4.97. The summed E-state index contributed by atoms with van der Waals surface area (Å²) in [5, 5.41) is 7.58. The Balaban J connectivity index is 1.78. The maximum absolute atomic E-state index is 5.91. The first-order valence-electron chi connectivity index (χ1n) is 8.53. The number of halogens is 1. The van der Waals surface area contributed by atoms with Crippen LogP contribution >= 0.6 is 15.9 Å². The number of nitrogens with two attached hydrogens (primary N) is 1. The predicted molar refractivity (Wildman–Crippen MR) is 108 cm³/mol. The first kappa shape index (κ1) is 18.4. The molecule has 0 aliphatic heterocycles. The van der Waals surface area contributed by atoms with Crippen LogP contribution in [0.5, 0.6) is 5.75 Å². The normalized spacial score (nSPS) is 11.4. The molecule has 0 radical (unpaired) electrons. The average molecular weight is 444 g/mol. The van der Waals surface area contributed by atoms with Crippen LogP contribution in [0.4, 0.5) is 5.82 Å². The van der Waals surface area contributed by atoms with Crippen LogP contribution < -0.4 is 10.5 Å². The fourth-order valence-electron chi connectivity index (χ4n) is 2.79. The second-order valence-electron chi connectivity index (χ2n) is 6.40. The quantitative estimate of drug-likeness (QED) is 0.484. The number of hydrogen-bond donors (Lipinski definition) is 1. The zero-order chi connectivity index (χ0) is 19.7. The summed E-state index contributed by atoms with van der Waals surface area (Å²) in [5.41, 5.74) is 8.68. The molecule has 0 aliphatic rings. The number of imidazole rings is 1. The number of hydrogen-bond acceptors (Lipinski definition) is 8. The van der Waals surface area contributed by atoms with E-state index in [-0.39, 0.29) is 5.82 Å². The number of ether oxygens (including phenoxy) is 1. The second-order valence-corrected chi connectivity index (χ2v) is 7.26. The number of benzene rings is 1. The Bertz CT molecular complexity index is 1110. The van der Waals surface area contributed by atoms with Crippen molar-refractivity contribution in [3.63, 3.8) is 0 Å². The van der Waals surface area contributed by atoms with Crippen LogP contribution in [0.25, 0.3) is 28.2 Å². The zero-order valence-corrected chi connectivity index (χ0v) is 16.9. The summed E-state index contributed by atoms with van der Waals surface area (Å²) in [6, 6.07) is 7.73. The van der Waals surface area contributed by atoms with E-state index in [1.54, 1.807) is 12.4 Å². The molecule has 4 rings (SSSR count). The molecule has 144 valence electrons. The minimum absolute atomic E-state index is 0.171. The van der Waals surface area contributed by atoms with Crippen LogP contribution in [-0.2, 0) is 0 Å². The third-order valence-electron chi connectivity index (χ3n) is 4.14. The molecule has 0 unspecified atom stereocenters. The highest BCUT2D eigenvalue weighted by molar-refractivity contribution is 9.10. The third-order valence-corrected chi connectivity index (χ3v) is 4.72. The van der Waals surface area contributed by atoms with E-state index >= 15 is 0 Å². The number of anilines is 1. The summed E-state index contributed by atoms with van der Waals surface area (Å²) in [5.74, 6) is 1.48. The van der Waals surface area contributed by atoms with Gasteiger partial charge >= 0.3 is 0 Å². The van der Waals surface area contributed by atoms with Gasteiger partial charge in [-0.15, -0.1) is 0 Å². The largest absolute Gasteiger partial charge is 0.492 e. The molecule has 9 nitrogen and oxygen atoms in total. The lowest BCUT2D eigenvalue weighted by Crippen LogP contribution is -2.19. The van der Waals surface area contributed by atoms with Gasteiger partial charge in [-0.2, -0.15) is 0 Å². The molecule has 0 bridgehead atoms. The lowest BCUT2D eigenvalue weighted by Gasteiger charge is -2.12. The Morgan fingerprint density at radius 2 is 1.96 bits per heavy atom. The Labute approximate surface area is 169 Å². The van der Waals surface area contributed by atoms with Crippen LogP contribution in [0.15, 0.2) is 45.8 Å². The Morgan fingerprint density at radius 3 is 2.64 bits per heavy atom.